The molecule has 6 heteroatoms. The van der Waals surface area contributed by atoms with Gasteiger partial charge < -0.3 is 10.2 Å². The van der Waals surface area contributed by atoms with Crippen LogP contribution in [0.3, 0.4) is 0 Å². The SMILES string of the molecule is Cc1ccc(NC(=O)C2CCCN(C(=O)c3cccc(-c4cn[nH]c4)c3)C2)cc1. The number of aromatic nitrogens is 2. The summed E-state index contributed by atoms with van der Waals surface area (Å²) >= 11 is 0. The van der Waals surface area contributed by atoms with Gasteiger partial charge in [-0.1, -0.05) is 29.8 Å². The fourth-order valence-electron chi connectivity index (χ4n) is 3.68. The number of amides is 2. The fraction of sp³-hybridized carbons (Fsp3) is 0.261. The molecule has 2 N–H and O–H groups in total. The van der Waals surface area contributed by atoms with E-state index in [1.165, 1.54) is 0 Å². The van der Waals surface area contributed by atoms with Crippen molar-refractivity contribution in [1.29, 1.82) is 0 Å². The number of carbonyl (C=O) groups is 2. The van der Waals surface area contributed by atoms with E-state index in [9.17, 15) is 9.59 Å². The molecule has 0 radical (unpaired) electrons. The molecule has 2 aromatic carbocycles. The van der Waals surface area contributed by atoms with E-state index in [2.05, 4.69) is 15.5 Å². The Morgan fingerprint density at radius 3 is 2.72 bits per heavy atom. The average Bonchev–Trinajstić information content (AvgIpc) is 3.30. The van der Waals surface area contributed by atoms with Gasteiger partial charge in [0.2, 0.25) is 5.91 Å². The van der Waals surface area contributed by atoms with Gasteiger partial charge in [-0.3, -0.25) is 14.7 Å². The van der Waals surface area contributed by atoms with E-state index < -0.39 is 0 Å². The van der Waals surface area contributed by atoms with Crippen molar-refractivity contribution < 1.29 is 9.59 Å². The summed E-state index contributed by atoms with van der Waals surface area (Å²) in [6, 6.07) is 15.3. The summed E-state index contributed by atoms with van der Waals surface area (Å²) in [5.74, 6) is -0.271. The Bertz CT molecular complexity index is 996. The molecule has 0 spiro atoms. The molecule has 1 fully saturated rings. The standard InChI is InChI=1S/C23H24N4O2/c1-16-7-9-21(10-8-16)26-22(28)19-6-3-11-27(15-19)23(29)18-5-2-4-17(12-18)20-13-24-25-14-20/h2,4-5,7-10,12-14,19H,3,6,11,15H2,1H3,(H,24,25)(H,26,28). The Balaban J connectivity index is 1.44. The number of benzene rings is 2. The largest absolute Gasteiger partial charge is 0.338 e. The lowest BCUT2D eigenvalue weighted by Gasteiger charge is -2.32. The van der Waals surface area contributed by atoms with Gasteiger partial charge in [-0.15, -0.1) is 0 Å². The van der Waals surface area contributed by atoms with Crippen molar-refractivity contribution in [1.82, 2.24) is 15.1 Å². The first-order valence-electron chi connectivity index (χ1n) is 9.86. The highest BCUT2D eigenvalue weighted by Gasteiger charge is 2.29. The summed E-state index contributed by atoms with van der Waals surface area (Å²) in [5, 5.41) is 9.74. The van der Waals surface area contributed by atoms with Crippen LogP contribution in [-0.4, -0.2) is 40.0 Å². The first kappa shape index (κ1) is 18.9. The molecular weight excluding hydrogens is 364 g/mol. The summed E-state index contributed by atoms with van der Waals surface area (Å²) in [7, 11) is 0. The van der Waals surface area contributed by atoms with Gasteiger partial charge in [0.15, 0.2) is 0 Å². The van der Waals surface area contributed by atoms with Crippen LogP contribution in [0.5, 0.6) is 0 Å². The smallest absolute Gasteiger partial charge is 0.253 e. The highest BCUT2D eigenvalue weighted by molar-refractivity contribution is 5.97. The molecule has 6 nitrogen and oxygen atoms in total. The number of nitrogens with zero attached hydrogens (tertiary/aromatic N) is 2. The number of anilines is 1. The third kappa shape index (κ3) is 4.37. The van der Waals surface area contributed by atoms with Crippen LogP contribution >= 0.6 is 0 Å². The number of piperidine rings is 1. The Labute approximate surface area is 169 Å². The molecule has 148 valence electrons. The molecule has 1 aromatic heterocycles. The minimum atomic E-state index is -0.203. The van der Waals surface area contributed by atoms with Crippen LogP contribution in [0.4, 0.5) is 5.69 Å². The van der Waals surface area contributed by atoms with Crippen molar-refractivity contribution in [3.05, 3.63) is 72.1 Å². The van der Waals surface area contributed by atoms with Crippen LogP contribution in [0, 0.1) is 12.8 Å². The van der Waals surface area contributed by atoms with Gasteiger partial charge in [0.25, 0.3) is 5.91 Å². The topological polar surface area (TPSA) is 78.1 Å². The van der Waals surface area contributed by atoms with Gasteiger partial charge in [-0.05, 0) is 49.6 Å². The molecule has 2 amide bonds. The molecule has 1 saturated heterocycles. The number of aryl methyl sites for hydroxylation is 1. The second kappa shape index (κ2) is 8.31. The fourth-order valence-corrected chi connectivity index (χ4v) is 3.68. The number of hydrogen-bond acceptors (Lipinski definition) is 3. The van der Waals surface area contributed by atoms with Crippen LogP contribution in [0.25, 0.3) is 11.1 Å². The molecule has 1 aliphatic heterocycles. The molecule has 1 unspecified atom stereocenters. The maximum Gasteiger partial charge on any atom is 0.253 e. The molecule has 0 bridgehead atoms. The minimum Gasteiger partial charge on any atom is -0.338 e. The van der Waals surface area contributed by atoms with Gasteiger partial charge >= 0.3 is 0 Å². The number of aromatic amines is 1. The normalized spacial score (nSPS) is 16.4. The number of H-pyrrole nitrogens is 1. The highest BCUT2D eigenvalue weighted by Crippen LogP contribution is 2.23. The van der Waals surface area contributed by atoms with Crippen LogP contribution in [0.15, 0.2) is 60.9 Å². The van der Waals surface area contributed by atoms with Crippen molar-refractivity contribution in [2.24, 2.45) is 5.92 Å². The summed E-state index contributed by atoms with van der Waals surface area (Å²) in [6.07, 6.45) is 5.14. The Morgan fingerprint density at radius 1 is 1.14 bits per heavy atom. The maximum absolute atomic E-state index is 13.1. The van der Waals surface area contributed by atoms with Crippen molar-refractivity contribution in [3.63, 3.8) is 0 Å². The summed E-state index contributed by atoms with van der Waals surface area (Å²) in [4.78, 5) is 27.6. The molecule has 1 atom stereocenters. The van der Waals surface area contributed by atoms with Gasteiger partial charge in [0.1, 0.15) is 0 Å². The van der Waals surface area contributed by atoms with Crippen molar-refractivity contribution in [2.75, 3.05) is 18.4 Å². The van der Waals surface area contributed by atoms with E-state index in [1.807, 2.05) is 55.5 Å². The number of carbonyl (C=O) groups excluding carboxylic acids is 2. The van der Waals surface area contributed by atoms with E-state index >= 15 is 0 Å². The zero-order chi connectivity index (χ0) is 20.2. The molecule has 3 aromatic rings. The van der Waals surface area contributed by atoms with E-state index in [0.29, 0.717) is 18.7 Å². The average molecular weight is 388 g/mol. The van der Waals surface area contributed by atoms with Gasteiger partial charge in [0, 0.05) is 36.1 Å². The summed E-state index contributed by atoms with van der Waals surface area (Å²) < 4.78 is 0. The number of nitrogens with one attached hydrogen (secondary N) is 2. The summed E-state index contributed by atoms with van der Waals surface area (Å²) in [5.41, 5.74) is 4.44. The monoisotopic (exact) mass is 388 g/mol. The first-order valence-corrected chi connectivity index (χ1v) is 9.86. The van der Waals surface area contributed by atoms with E-state index in [1.54, 1.807) is 17.3 Å². The quantitative estimate of drug-likeness (QED) is 0.712. The van der Waals surface area contributed by atoms with Gasteiger partial charge in [-0.25, -0.2) is 0 Å². The lowest BCUT2D eigenvalue weighted by Crippen LogP contribution is -2.43. The molecule has 1 aliphatic rings. The first-order chi connectivity index (χ1) is 14.1. The molecule has 0 aliphatic carbocycles. The van der Waals surface area contributed by atoms with Crippen molar-refractivity contribution in [3.8, 4) is 11.1 Å². The maximum atomic E-state index is 13.1. The third-order valence-electron chi connectivity index (χ3n) is 5.34. The van der Waals surface area contributed by atoms with Crippen molar-refractivity contribution >= 4 is 17.5 Å². The number of hydrogen-bond donors (Lipinski definition) is 2. The predicted molar refractivity (Wildman–Crippen MR) is 112 cm³/mol. The molecule has 4 rings (SSSR count). The van der Waals surface area contributed by atoms with Crippen molar-refractivity contribution in [2.45, 2.75) is 19.8 Å². The van der Waals surface area contributed by atoms with Crippen LogP contribution in [0.1, 0.15) is 28.8 Å². The second-order valence-corrected chi connectivity index (χ2v) is 7.51. The lowest BCUT2D eigenvalue weighted by molar-refractivity contribution is -0.121. The zero-order valence-electron chi connectivity index (χ0n) is 16.4. The zero-order valence-corrected chi connectivity index (χ0v) is 16.4. The van der Waals surface area contributed by atoms with E-state index in [0.717, 1.165) is 35.2 Å². The van der Waals surface area contributed by atoms with Crippen LogP contribution in [0.2, 0.25) is 0 Å². The molecule has 2 heterocycles. The Morgan fingerprint density at radius 2 is 1.97 bits per heavy atom. The highest BCUT2D eigenvalue weighted by atomic mass is 16.2. The summed E-state index contributed by atoms with van der Waals surface area (Å²) in [6.45, 7) is 3.12. The van der Waals surface area contributed by atoms with E-state index in [4.69, 9.17) is 0 Å². The van der Waals surface area contributed by atoms with Crippen LogP contribution in [-0.2, 0) is 4.79 Å². The van der Waals surface area contributed by atoms with Gasteiger partial charge in [-0.2, -0.15) is 5.10 Å². The predicted octanol–water partition coefficient (Wildman–Crippen LogP) is 3.88. The molecule has 29 heavy (non-hydrogen) atoms. The molecule has 0 saturated carbocycles. The van der Waals surface area contributed by atoms with Gasteiger partial charge in [0.05, 0.1) is 12.1 Å². The Kier molecular flexibility index (Phi) is 5.42. The number of rotatable bonds is 4. The second-order valence-electron chi connectivity index (χ2n) is 7.51. The lowest BCUT2D eigenvalue weighted by atomic mass is 9.96. The Hall–Kier alpha value is -3.41. The number of likely N-dealkylation sites (tertiary alicyclic amines) is 1. The minimum absolute atomic E-state index is 0.0292. The molecular formula is C23H24N4O2. The third-order valence-corrected chi connectivity index (χ3v) is 5.34. The van der Waals surface area contributed by atoms with E-state index in [-0.39, 0.29) is 17.7 Å². The van der Waals surface area contributed by atoms with Crippen LogP contribution < -0.4 is 5.32 Å².